The normalized spacial score (nSPS) is 12.5. The maximum absolute atomic E-state index is 12.2. The Morgan fingerprint density at radius 1 is 1.04 bits per heavy atom. The fourth-order valence-corrected chi connectivity index (χ4v) is 2.46. The van der Waals surface area contributed by atoms with Gasteiger partial charge in [0.25, 0.3) is 0 Å². The number of nitrogens with one attached hydrogen (secondary N) is 2. The highest BCUT2D eigenvalue weighted by atomic mass is 35.6. The van der Waals surface area contributed by atoms with Gasteiger partial charge in [-0.1, -0.05) is 82.8 Å². The van der Waals surface area contributed by atoms with Crippen LogP contribution in [0.25, 0.3) is 0 Å². The highest BCUT2D eigenvalue weighted by Gasteiger charge is 2.34. The molecule has 0 bridgehead atoms. The zero-order valence-electron chi connectivity index (χ0n) is 11.9. The molecule has 0 aliphatic rings. The molecule has 7 heteroatoms. The minimum Gasteiger partial charge on any atom is -0.362 e. The van der Waals surface area contributed by atoms with Gasteiger partial charge in [0.2, 0.25) is 9.70 Å². The molecule has 0 spiro atoms. The Balaban J connectivity index is 2.05. The minimum absolute atomic E-state index is 0.190. The second-order valence-corrected chi connectivity index (χ2v) is 7.66. The summed E-state index contributed by atoms with van der Waals surface area (Å²) >= 11 is 23.8. The summed E-state index contributed by atoms with van der Waals surface area (Å²) in [7, 11) is 0. The number of halogens is 4. The van der Waals surface area contributed by atoms with Gasteiger partial charge in [-0.25, -0.2) is 0 Å². The highest BCUT2D eigenvalue weighted by Crippen LogP contribution is 2.31. The topological polar surface area (TPSA) is 41.1 Å². The number of alkyl halides is 3. The van der Waals surface area contributed by atoms with Crippen LogP contribution in [0.1, 0.15) is 5.56 Å². The van der Waals surface area contributed by atoms with Gasteiger partial charge in [-0.15, -0.1) is 0 Å². The van der Waals surface area contributed by atoms with Crippen molar-refractivity contribution in [3.8, 4) is 0 Å². The summed E-state index contributed by atoms with van der Waals surface area (Å²) < 4.78 is -1.73. The van der Waals surface area contributed by atoms with Crippen molar-refractivity contribution in [2.24, 2.45) is 0 Å². The van der Waals surface area contributed by atoms with Crippen molar-refractivity contribution >= 4 is 58.0 Å². The Hall–Kier alpha value is -1.13. The van der Waals surface area contributed by atoms with Crippen LogP contribution in [0.15, 0.2) is 54.6 Å². The molecule has 1 atom stereocenters. The largest absolute Gasteiger partial charge is 0.362 e. The first-order valence-electron chi connectivity index (χ1n) is 6.77. The highest BCUT2D eigenvalue weighted by molar-refractivity contribution is 6.68. The molecule has 122 valence electrons. The van der Waals surface area contributed by atoms with Gasteiger partial charge in [0.05, 0.1) is 6.42 Å². The van der Waals surface area contributed by atoms with Crippen LogP contribution in [-0.4, -0.2) is 15.9 Å². The lowest BCUT2D eigenvalue weighted by molar-refractivity contribution is -0.120. The zero-order valence-corrected chi connectivity index (χ0v) is 14.9. The van der Waals surface area contributed by atoms with E-state index in [1.165, 1.54) is 0 Å². The molecular weight excluding hydrogens is 378 g/mol. The van der Waals surface area contributed by atoms with Gasteiger partial charge in [-0.05, 0) is 23.8 Å². The minimum atomic E-state index is -1.73. The lowest BCUT2D eigenvalue weighted by Gasteiger charge is -2.27. The average Bonchev–Trinajstić information content (AvgIpc) is 2.46. The molecule has 2 N–H and O–H groups in total. The van der Waals surface area contributed by atoms with Crippen LogP contribution < -0.4 is 10.6 Å². The molecule has 2 aromatic rings. The first-order chi connectivity index (χ1) is 10.8. The zero-order chi connectivity index (χ0) is 16.9. The quantitative estimate of drug-likeness (QED) is 0.567. The van der Waals surface area contributed by atoms with Crippen molar-refractivity contribution < 1.29 is 4.79 Å². The molecule has 0 fully saturated rings. The maximum Gasteiger partial charge on any atom is 0.228 e. The van der Waals surface area contributed by atoms with Crippen molar-refractivity contribution in [2.75, 3.05) is 5.32 Å². The van der Waals surface area contributed by atoms with Crippen molar-refractivity contribution in [3.05, 3.63) is 65.2 Å². The third kappa shape index (κ3) is 6.11. The van der Waals surface area contributed by atoms with E-state index in [9.17, 15) is 4.79 Å². The Morgan fingerprint density at radius 3 is 2.35 bits per heavy atom. The average molecular weight is 392 g/mol. The van der Waals surface area contributed by atoms with Gasteiger partial charge >= 0.3 is 0 Å². The SMILES string of the molecule is O=C(Cc1ccccc1)NC(Nc1cccc(Cl)c1)C(Cl)(Cl)Cl. The fourth-order valence-electron chi connectivity index (χ4n) is 1.94. The van der Waals surface area contributed by atoms with Crippen molar-refractivity contribution in [2.45, 2.75) is 16.4 Å². The molecule has 0 saturated heterocycles. The van der Waals surface area contributed by atoms with Crippen molar-refractivity contribution in [3.63, 3.8) is 0 Å². The fraction of sp³-hybridized carbons (Fsp3) is 0.188. The van der Waals surface area contributed by atoms with Crippen LogP contribution in [0.3, 0.4) is 0 Å². The molecule has 1 unspecified atom stereocenters. The van der Waals surface area contributed by atoms with Crippen molar-refractivity contribution in [1.82, 2.24) is 5.32 Å². The molecule has 1 amide bonds. The summed E-state index contributed by atoms with van der Waals surface area (Å²) in [5, 5.41) is 6.18. The first-order valence-corrected chi connectivity index (χ1v) is 8.28. The van der Waals surface area contributed by atoms with E-state index in [-0.39, 0.29) is 12.3 Å². The van der Waals surface area contributed by atoms with Crippen LogP contribution >= 0.6 is 46.4 Å². The second-order valence-electron chi connectivity index (χ2n) is 4.86. The van der Waals surface area contributed by atoms with Gasteiger partial charge in [0.1, 0.15) is 6.17 Å². The molecule has 2 rings (SSSR count). The summed E-state index contributed by atoms with van der Waals surface area (Å²) in [5.74, 6) is -0.262. The Labute approximate surface area is 154 Å². The molecule has 0 saturated carbocycles. The number of hydrogen-bond acceptors (Lipinski definition) is 2. The van der Waals surface area contributed by atoms with Crippen LogP contribution in [0.2, 0.25) is 5.02 Å². The summed E-state index contributed by atoms with van der Waals surface area (Å²) in [5.41, 5.74) is 1.50. The molecule has 0 heterocycles. The molecule has 0 radical (unpaired) electrons. The van der Waals surface area contributed by atoms with E-state index in [4.69, 9.17) is 46.4 Å². The number of rotatable bonds is 5. The van der Waals surface area contributed by atoms with E-state index >= 15 is 0 Å². The van der Waals surface area contributed by atoms with Crippen LogP contribution in [0, 0.1) is 0 Å². The monoisotopic (exact) mass is 390 g/mol. The van der Waals surface area contributed by atoms with Gasteiger partial charge in [-0.3, -0.25) is 4.79 Å². The number of carbonyl (C=O) groups is 1. The van der Waals surface area contributed by atoms with Crippen LogP contribution in [0.5, 0.6) is 0 Å². The first kappa shape index (κ1) is 18.2. The summed E-state index contributed by atoms with van der Waals surface area (Å²) in [6.07, 6.45) is -0.711. The predicted molar refractivity (Wildman–Crippen MR) is 97.4 cm³/mol. The molecule has 0 aromatic heterocycles. The summed E-state index contributed by atoms with van der Waals surface area (Å²) in [6, 6.07) is 16.2. The van der Waals surface area contributed by atoms with Gasteiger partial charge in [0, 0.05) is 10.7 Å². The lowest BCUT2D eigenvalue weighted by Crippen LogP contribution is -2.49. The van der Waals surface area contributed by atoms with E-state index in [2.05, 4.69) is 10.6 Å². The predicted octanol–water partition coefficient (Wildman–Crippen LogP) is 4.81. The Bertz CT molecular complexity index is 659. The third-order valence-electron chi connectivity index (χ3n) is 2.98. The molecule has 3 nitrogen and oxygen atoms in total. The number of anilines is 1. The molecule has 2 aromatic carbocycles. The smallest absolute Gasteiger partial charge is 0.228 e. The molecule has 0 aliphatic heterocycles. The van der Waals surface area contributed by atoms with E-state index in [0.29, 0.717) is 10.7 Å². The van der Waals surface area contributed by atoms with E-state index in [0.717, 1.165) is 5.56 Å². The standard InChI is InChI=1S/C16H14Cl4N2O/c17-12-7-4-8-13(10-12)21-15(16(18,19)20)22-14(23)9-11-5-2-1-3-6-11/h1-8,10,15,21H,9H2,(H,22,23). The third-order valence-corrected chi connectivity index (χ3v) is 3.87. The maximum atomic E-state index is 12.2. The van der Waals surface area contributed by atoms with E-state index in [1.807, 2.05) is 30.3 Å². The van der Waals surface area contributed by atoms with Gasteiger partial charge in [0.15, 0.2) is 0 Å². The molecular formula is C16H14Cl4N2O. The Kier molecular flexibility index (Phi) is 6.42. The lowest BCUT2D eigenvalue weighted by atomic mass is 10.1. The summed E-state index contributed by atoms with van der Waals surface area (Å²) in [4.78, 5) is 12.2. The van der Waals surface area contributed by atoms with Crippen molar-refractivity contribution in [1.29, 1.82) is 0 Å². The molecule has 0 aliphatic carbocycles. The van der Waals surface area contributed by atoms with Crippen LogP contribution in [0.4, 0.5) is 5.69 Å². The van der Waals surface area contributed by atoms with E-state index < -0.39 is 9.96 Å². The Morgan fingerprint density at radius 2 is 1.74 bits per heavy atom. The van der Waals surface area contributed by atoms with Gasteiger partial charge in [-0.2, -0.15) is 0 Å². The number of benzene rings is 2. The van der Waals surface area contributed by atoms with E-state index in [1.54, 1.807) is 24.3 Å². The second kappa shape index (κ2) is 8.11. The number of amides is 1. The van der Waals surface area contributed by atoms with Gasteiger partial charge < -0.3 is 10.6 Å². The number of carbonyl (C=O) groups excluding carboxylic acids is 1. The van der Waals surface area contributed by atoms with Crippen LogP contribution in [-0.2, 0) is 11.2 Å². The molecule has 23 heavy (non-hydrogen) atoms. The summed E-state index contributed by atoms with van der Waals surface area (Å²) in [6.45, 7) is 0. The number of hydrogen-bond donors (Lipinski definition) is 2.